The Balaban J connectivity index is 1.45. The highest BCUT2D eigenvalue weighted by atomic mass is 16.6. The predicted molar refractivity (Wildman–Crippen MR) is 139 cm³/mol. The fraction of sp³-hybridized carbons (Fsp3) is 0.464. The standard InChI is InChI=1S/C28H34N4O4/c1-4-5-14-32(26(34)25-28(36-25)13-12-18(2)15-19(28)3)22-10-11-23(24(33)16-22)31-27(35)30-21-8-6-20(17-29)7-9-21/h6-11,16,18-19,25,33H,4-5,12-15H2,1-3H3,(H2,30,31,35). The summed E-state index contributed by atoms with van der Waals surface area (Å²) in [6.45, 7) is 7.02. The molecular formula is C28H34N4O4. The summed E-state index contributed by atoms with van der Waals surface area (Å²) in [6, 6.07) is 12.8. The van der Waals surface area contributed by atoms with Crippen molar-refractivity contribution in [3.63, 3.8) is 0 Å². The number of anilines is 3. The van der Waals surface area contributed by atoms with Crippen LogP contribution in [-0.2, 0) is 9.53 Å². The Labute approximate surface area is 212 Å². The Bertz CT molecular complexity index is 1160. The number of epoxide rings is 1. The number of rotatable bonds is 7. The summed E-state index contributed by atoms with van der Waals surface area (Å²) in [7, 11) is 0. The molecule has 2 aliphatic rings. The third-order valence-electron chi connectivity index (χ3n) is 7.38. The molecule has 0 aromatic heterocycles. The first-order chi connectivity index (χ1) is 17.3. The summed E-state index contributed by atoms with van der Waals surface area (Å²) >= 11 is 0. The zero-order chi connectivity index (χ0) is 25.9. The van der Waals surface area contributed by atoms with E-state index in [1.807, 2.05) is 6.07 Å². The molecule has 4 atom stereocenters. The average Bonchev–Trinajstić information content (AvgIpc) is 3.59. The lowest BCUT2D eigenvalue weighted by atomic mass is 9.73. The van der Waals surface area contributed by atoms with Crippen molar-refractivity contribution in [1.82, 2.24) is 0 Å². The maximum Gasteiger partial charge on any atom is 0.323 e. The van der Waals surface area contributed by atoms with Crippen molar-refractivity contribution in [2.75, 3.05) is 22.1 Å². The van der Waals surface area contributed by atoms with Gasteiger partial charge in [-0.1, -0.05) is 27.2 Å². The third-order valence-corrected chi connectivity index (χ3v) is 7.38. The minimum Gasteiger partial charge on any atom is -0.506 e. The Kier molecular flexibility index (Phi) is 7.51. The second kappa shape index (κ2) is 10.6. The smallest absolute Gasteiger partial charge is 0.323 e. The van der Waals surface area contributed by atoms with Crippen LogP contribution in [-0.4, -0.2) is 35.3 Å². The molecular weight excluding hydrogens is 456 g/mol. The van der Waals surface area contributed by atoms with Crippen LogP contribution in [0.15, 0.2) is 42.5 Å². The number of phenolic OH excluding ortho intramolecular Hbond substituents is 1. The van der Waals surface area contributed by atoms with E-state index >= 15 is 0 Å². The van der Waals surface area contributed by atoms with Crippen molar-refractivity contribution in [1.29, 1.82) is 5.26 Å². The first kappa shape index (κ1) is 25.5. The molecule has 1 spiro atoms. The normalized spacial score (nSPS) is 24.6. The van der Waals surface area contributed by atoms with Crippen LogP contribution in [0.2, 0.25) is 0 Å². The van der Waals surface area contributed by atoms with E-state index in [2.05, 4.69) is 31.4 Å². The summed E-state index contributed by atoms with van der Waals surface area (Å²) < 4.78 is 6.09. The van der Waals surface area contributed by atoms with Gasteiger partial charge in [0.1, 0.15) is 11.4 Å². The molecule has 2 fully saturated rings. The lowest BCUT2D eigenvalue weighted by molar-refractivity contribution is -0.119. The molecule has 1 aliphatic carbocycles. The number of nitrogens with one attached hydrogen (secondary N) is 2. The Hall–Kier alpha value is -3.57. The monoisotopic (exact) mass is 490 g/mol. The molecule has 8 nitrogen and oxygen atoms in total. The van der Waals surface area contributed by atoms with Gasteiger partial charge in [-0.15, -0.1) is 0 Å². The molecule has 2 aromatic rings. The predicted octanol–water partition coefficient (Wildman–Crippen LogP) is 5.63. The number of benzene rings is 2. The van der Waals surface area contributed by atoms with Crippen molar-refractivity contribution in [2.45, 2.75) is 64.6 Å². The van der Waals surface area contributed by atoms with Gasteiger partial charge in [-0.25, -0.2) is 4.79 Å². The van der Waals surface area contributed by atoms with Gasteiger partial charge < -0.3 is 25.4 Å². The molecule has 0 radical (unpaired) electrons. The van der Waals surface area contributed by atoms with Crippen LogP contribution in [0, 0.1) is 23.2 Å². The number of hydrogen-bond acceptors (Lipinski definition) is 5. The highest BCUT2D eigenvalue weighted by Crippen LogP contribution is 2.53. The zero-order valence-corrected chi connectivity index (χ0v) is 21.1. The van der Waals surface area contributed by atoms with Crippen LogP contribution in [0.3, 0.4) is 0 Å². The molecule has 36 heavy (non-hydrogen) atoms. The Morgan fingerprint density at radius 3 is 2.58 bits per heavy atom. The summed E-state index contributed by atoms with van der Waals surface area (Å²) in [6.07, 6.45) is 4.33. The van der Waals surface area contributed by atoms with Gasteiger partial charge in [0, 0.05) is 24.0 Å². The lowest BCUT2D eigenvalue weighted by Gasteiger charge is -2.31. The van der Waals surface area contributed by atoms with Gasteiger partial charge in [-0.2, -0.15) is 5.26 Å². The number of nitrogens with zero attached hydrogens (tertiary/aromatic N) is 2. The number of unbranched alkanes of at least 4 members (excludes halogenated alkanes) is 1. The maximum absolute atomic E-state index is 13.6. The van der Waals surface area contributed by atoms with Crippen molar-refractivity contribution < 1.29 is 19.4 Å². The molecule has 3 amide bonds. The summed E-state index contributed by atoms with van der Waals surface area (Å²) in [5.74, 6) is 0.775. The molecule has 3 N–H and O–H groups in total. The van der Waals surface area contributed by atoms with Crippen LogP contribution < -0.4 is 15.5 Å². The van der Waals surface area contributed by atoms with E-state index in [1.54, 1.807) is 41.3 Å². The lowest BCUT2D eigenvalue weighted by Crippen LogP contribution is -2.41. The fourth-order valence-corrected chi connectivity index (χ4v) is 5.18. The number of hydrogen-bond donors (Lipinski definition) is 3. The largest absolute Gasteiger partial charge is 0.506 e. The number of amides is 3. The zero-order valence-electron chi connectivity index (χ0n) is 21.1. The molecule has 190 valence electrons. The number of phenols is 1. The second-order valence-corrected chi connectivity index (χ2v) is 10.0. The van der Waals surface area contributed by atoms with Crippen LogP contribution in [0.4, 0.5) is 21.9 Å². The van der Waals surface area contributed by atoms with E-state index in [1.165, 1.54) is 6.07 Å². The van der Waals surface area contributed by atoms with Gasteiger partial charge in [-0.05, 0) is 73.9 Å². The first-order valence-corrected chi connectivity index (χ1v) is 12.7. The van der Waals surface area contributed by atoms with Crippen LogP contribution >= 0.6 is 0 Å². The number of ether oxygens (including phenoxy) is 1. The topological polar surface area (TPSA) is 118 Å². The molecule has 1 saturated carbocycles. The first-order valence-electron chi connectivity index (χ1n) is 12.7. The number of urea groups is 1. The second-order valence-electron chi connectivity index (χ2n) is 10.0. The van der Waals surface area contributed by atoms with E-state index in [-0.39, 0.29) is 22.9 Å². The summed E-state index contributed by atoms with van der Waals surface area (Å²) in [5, 5.41) is 24.8. The van der Waals surface area contributed by atoms with Gasteiger partial charge in [-0.3, -0.25) is 4.79 Å². The van der Waals surface area contributed by atoms with Gasteiger partial charge in [0.25, 0.3) is 5.91 Å². The molecule has 1 aliphatic heterocycles. The van der Waals surface area contributed by atoms with Crippen molar-refractivity contribution in [3.05, 3.63) is 48.0 Å². The number of nitriles is 1. The highest BCUT2D eigenvalue weighted by molar-refractivity contribution is 6.02. The fourth-order valence-electron chi connectivity index (χ4n) is 5.18. The third kappa shape index (κ3) is 5.31. The quantitative estimate of drug-likeness (QED) is 0.343. The molecule has 8 heteroatoms. The number of aromatic hydroxyl groups is 1. The van der Waals surface area contributed by atoms with Crippen LogP contribution in [0.5, 0.6) is 5.75 Å². The van der Waals surface area contributed by atoms with E-state index in [0.717, 1.165) is 32.1 Å². The highest BCUT2D eigenvalue weighted by Gasteiger charge is 2.65. The maximum atomic E-state index is 13.6. The van der Waals surface area contributed by atoms with Crippen molar-refractivity contribution >= 4 is 29.0 Å². The minimum atomic E-state index is -0.532. The Morgan fingerprint density at radius 1 is 1.19 bits per heavy atom. The van der Waals surface area contributed by atoms with Gasteiger partial charge >= 0.3 is 6.03 Å². The van der Waals surface area contributed by atoms with Crippen LogP contribution in [0.25, 0.3) is 0 Å². The van der Waals surface area contributed by atoms with Crippen molar-refractivity contribution in [3.8, 4) is 11.8 Å². The van der Waals surface area contributed by atoms with E-state index < -0.39 is 12.1 Å². The molecule has 1 saturated heterocycles. The van der Waals surface area contributed by atoms with E-state index in [4.69, 9.17) is 10.00 Å². The van der Waals surface area contributed by atoms with E-state index in [0.29, 0.717) is 35.3 Å². The molecule has 2 aromatic carbocycles. The van der Waals surface area contributed by atoms with Gasteiger partial charge in [0.05, 0.1) is 17.3 Å². The number of carbonyl (C=O) groups excluding carboxylic acids is 2. The summed E-state index contributed by atoms with van der Waals surface area (Å²) in [4.78, 5) is 27.7. The Morgan fingerprint density at radius 2 is 1.94 bits per heavy atom. The SMILES string of the molecule is CCCCN(C(=O)C1OC12CCC(C)CC2C)c1ccc(NC(=O)Nc2ccc(C#N)cc2)c(O)c1. The van der Waals surface area contributed by atoms with Crippen LogP contribution in [0.1, 0.15) is 58.4 Å². The van der Waals surface area contributed by atoms with Crippen molar-refractivity contribution in [2.24, 2.45) is 11.8 Å². The molecule has 4 rings (SSSR count). The molecule has 4 unspecified atom stereocenters. The van der Waals surface area contributed by atoms with Gasteiger partial charge in [0.15, 0.2) is 6.10 Å². The minimum absolute atomic E-state index is 0.0662. The molecule has 1 heterocycles. The summed E-state index contributed by atoms with van der Waals surface area (Å²) in [5.41, 5.74) is 1.45. The number of carbonyl (C=O) groups is 2. The molecule has 0 bridgehead atoms. The van der Waals surface area contributed by atoms with E-state index in [9.17, 15) is 14.7 Å². The van der Waals surface area contributed by atoms with Gasteiger partial charge in [0.2, 0.25) is 0 Å². The average molecular weight is 491 g/mol.